The van der Waals surface area contributed by atoms with E-state index in [4.69, 9.17) is 5.73 Å². The molecular formula is C13H16N2OS. The quantitative estimate of drug-likeness (QED) is 0.860. The van der Waals surface area contributed by atoms with Crippen LogP contribution in [0.4, 0.5) is 5.69 Å². The molecule has 0 spiro atoms. The zero-order valence-electron chi connectivity index (χ0n) is 9.66. The summed E-state index contributed by atoms with van der Waals surface area (Å²) in [5.74, 6) is 0.620. The van der Waals surface area contributed by atoms with Crippen LogP contribution in [-0.4, -0.2) is 18.2 Å². The molecule has 1 fully saturated rings. The van der Waals surface area contributed by atoms with Crippen LogP contribution in [0.25, 0.3) is 0 Å². The van der Waals surface area contributed by atoms with E-state index >= 15 is 0 Å². The Morgan fingerprint density at radius 3 is 2.94 bits per heavy atom. The third kappa shape index (κ3) is 2.19. The van der Waals surface area contributed by atoms with Crippen molar-refractivity contribution < 1.29 is 4.79 Å². The van der Waals surface area contributed by atoms with Gasteiger partial charge in [-0.15, -0.1) is 11.8 Å². The molecule has 1 saturated carbocycles. The number of nitrogens with one attached hydrogen (secondary N) is 1. The minimum absolute atomic E-state index is 0.0934. The first-order chi connectivity index (χ1) is 8.21. The molecule has 0 aromatic heterocycles. The summed E-state index contributed by atoms with van der Waals surface area (Å²) in [6, 6.07) is 6.33. The second-order valence-electron chi connectivity index (χ2n) is 5.05. The zero-order valence-corrected chi connectivity index (χ0v) is 10.5. The van der Waals surface area contributed by atoms with E-state index in [1.54, 1.807) is 11.8 Å². The normalized spacial score (nSPS) is 20.6. The van der Waals surface area contributed by atoms with E-state index in [2.05, 4.69) is 17.4 Å². The van der Waals surface area contributed by atoms with Gasteiger partial charge in [0.1, 0.15) is 0 Å². The first-order valence-corrected chi connectivity index (χ1v) is 6.95. The number of carbonyl (C=O) groups is 1. The molecule has 3 nitrogen and oxygen atoms in total. The van der Waals surface area contributed by atoms with Gasteiger partial charge in [0.15, 0.2) is 0 Å². The van der Waals surface area contributed by atoms with Crippen LogP contribution in [-0.2, 0) is 11.2 Å². The van der Waals surface area contributed by atoms with E-state index in [0.717, 1.165) is 18.7 Å². The Balaban J connectivity index is 1.81. The van der Waals surface area contributed by atoms with E-state index < -0.39 is 0 Å². The van der Waals surface area contributed by atoms with Crippen LogP contribution < -0.4 is 11.1 Å². The maximum atomic E-state index is 11.2. The Labute approximate surface area is 105 Å². The predicted octanol–water partition coefficient (Wildman–Crippen LogP) is 2.01. The summed E-state index contributed by atoms with van der Waals surface area (Å²) in [7, 11) is 0. The molecule has 17 heavy (non-hydrogen) atoms. The summed E-state index contributed by atoms with van der Waals surface area (Å²) in [6.07, 6.45) is 3.58. The Bertz CT molecular complexity index is 468. The Hall–Kier alpha value is -1.00. The van der Waals surface area contributed by atoms with Crippen molar-refractivity contribution in [2.75, 3.05) is 17.6 Å². The van der Waals surface area contributed by atoms with Gasteiger partial charge in [0.25, 0.3) is 0 Å². The molecule has 90 valence electrons. The molecule has 4 heteroatoms. The minimum atomic E-state index is 0.0934. The minimum Gasteiger partial charge on any atom is -0.330 e. The highest BCUT2D eigenvalue weighted by atomic mass is 32.2. The van der Waals surface area contributed by atoms with Gasteiger partial charge in [-0.05, 0) is 48.9 Å². The monoisotopic (exact) mass is 248 g/mol. The third-order valence-electron chi connectivity index (χ3n) is 3.65. The molecular weight excluding hydrogens is 232 g/mol. The van der Waals surface area contributed by atoms with Crippen molar-refractivity contribution in [1.29, 1.82) is 0 Å². The highest BCUT2D eigenvalue weighted by Crippen LogP contribution is 2.47. The van der Waals surface area contributed by atoms with Crippen molar-refractivity contribution >= 4 is 23.4 Å². The number of hydrogen-bond acceptors (Lipinski definition) is 3. The molecule has 0 unspecified atom stereocenters. The van der Waals surface area contributed by atoms with Crippen molar-refractivity contribution in [3.05, 3.63) is 23.8 Å². The summed E-state index contributed by atoms with van der Waals surface area (Å²) in [6.45, 7) is 0.786. The van der Waals surface area contributed by atoms with Gasteiger partial charge in [-0.3, -0.25) is 4.79 Å². The summed E-state index contributed by atoms with van der Waals surface area (Å²) >= 11 is 1.62. The molecule has 1 aromatic rings. The fourth-order valence-corrected chi connectivity index (χ4v) is 3.16. The van der Waals surface area contributed by atoms with Crippen molar-refractivity contribution in [3.8, 4) is 0 Å². The van der Waals surface area contributed by atoms with Crippen LogP contribution in [0.5, 0.6) is 0 Å². The fourth-order valence-electron chi connectivity index (χ4n) is 2.29. The summed E-state index contributed by atoms with van der Waals surface area (Å²) in [4.78, 5) is 12.4. The Morgan fingerprint density at radius 2 is 2.24 bits per heavy atom. The lowest BCUT2D eigenvalue weighted by Gasteiger charge is -2.18. The molecule has 3 rings (SSSR count). The predicted molar refractivity (Wildman–Crippen MR) is 70.2 cm³/mol. The second-order valence-corrected chi connectivity index (χ2v) is 6.07. The van der Waals surface area contributed by atoms with Gasteiger partial charge in [0.2, 0.25) is 5.91 Å². The maximum absolute atomic E-state index is 11.2. The van der Waals surface area contributed by atoms with E-state index in [1.807, 2.05) is 6.07 Å². The van der Waals surface area contributed by atoms with Gasteiger partial charge >= 0.3 is 0 Å². The van der Waals surface area contributed by atoms with E-state index in [1.165, 1.54) is 23.3 Å². The van der Waals surface area contributed by atoms with E-state index in [0.29, 0.717) is 11.2 Å². The SMILES string of the molecule is NCC1(Cc2ccc3c(c2)SCC(=O)N3)CC1. The number of thioether (sulfide) groups is 1. The van der Waals surface area contributed by atoms with Crippen molar-refractivity contribution in [2.24, 2.45) is 11.1 Å². The first-order valence-electron chi connectivity index (χ1n) is 5.96. The smallest absolute Gasteiger partial charge is 0.234 e. The van der Waals surface area contributed by atoms with E-state index in [-0.39, 0.29) is 5.91 Å². The third-order valence-corrected chi connectivity index (χ3v) is 4.70. The molecule has 0 radical (unpaired) electrons. The van der Waals surface area contributed by atoms with Gasteiger partial charge in [0, 0.05) is 4.90 Å². The standard InChI is InChI=1S/C13H16N2OS/c14-8-13(3-4-13)6-9-1-2-10-11(5-9)17-7-12(16)15-10/h1-2,5H,3-4,6-8,14H2,(H,15,16). The number of hydrogen-bond donors (Lipinski definition) is 2. The molecule has 2 aliphatic rings. The second kappa shape index (κ2) is 4.03. The molecule has 1 heterocycles. The maximum Gasteiger partial charge on any atom is 0.234 e. The lowest BCUT2D eigenvalue weighted by atomic mass is 9.96. The highest BCUT2D eigenvalue weighted by Gasteiger charge is 2.41. The number of amides is 1. The topological polar surface area (TPSA) is 55.1 Å². The van der Waals surface area contributed by atoms with Crippen LogP contribution >= 0.6 is 11.8 Å². The van der Waals surface area contributed by atoms with Gasteiger partial charge in [-0.25, -0.2) is 0 Å². The van der Waals surface area contributed by atoms with Crippen LogP contribution in [0.2, 0.25) is 0 Å². The van der Waals surface area contributed by atoms with Crippen LogP contribution in [0.3, 0.4) is 0 Å². The summed E-state index contributed by atoms with van der Waals surface area (Å²) < 4.78 is 0. The molecule has 1 aromatic carbocycles. The van der Waals surface area contributed by atoms with Gasteiger partial charge in [0.05, 0.1) is 11.4 Å². The van der Waals surface area contributed by atoms with Gasteiger partial charge in [-0.2, -0.15) is 0 Å². The number of rotatable bonds is 3. The number of nitrogens with two attached hydrogens (primary N) is 1. The van der Waals surface area contributed by atoms with Gasteiger partial charge in [-0.1, -0.05) is 6.07 Å². The lowest BCUT2D eigenvalue weighted by Crippen LogP contribution is -2.20. The average Bonchev–Trinajstić information content (AvgIpc) is 3.10. The first kappa shape index (κ1) is 11.1. The molecule has 1 amide bonds. The van der Waals surface area contributed by atoms with Crippen LogP contribution in [0.1, 0.15) is 18.4 Å². The molecule has 3 N–H and O–H groups in total. The number of anilines is 1. The highest BCUT2D eigenvalue weighted by molar-refractivity contribution is 8.00. The summed E-state index contributed by atoms with van der Waals surface area (Å²) in [5.41, 5.74) is 8.48. The summed E-state index contributed by atoms with van der Waals surface area (Å²) in [5, 5.41) is 2.90. The fraction of sp³-hybridized carbons (Fsp3) is 0.462. The Kier molecular flexibility index (Phi) is 2.64. The zero-order chi connectivity index (χ0) is 11.9. The molecule has 0 atom stereocenters. The molecule has 1 aliphatic heterocycles. The molecule has 0 saturated heterocycles. The molecule has 0 bridgehead atoms. The number of fused-ring (bicyclic) bond motifs is 1. The van der Waals surface area contributed by atoms with Crippen LogP contribution in [0.15, 0.2) is 23.1 Å². The molecule has 1 aliphatic carbocycles. The van der Waals surface area contributed by atoms with Gasteiger partial charge < -0.3 is 11.1 Å². The number of carbonyl (C=O) groups excluding carboxylic acids is 1. The largest absolute Gasteiger partial charge is 0.330 e. The Morgan fingerprint density at radius 1 is 1.41 bits per heavy atom. The van der Waals surface area contributed by atoms with Crippen molar-refractivity contribution in [3.63, 3.8) is 0 Å². The lowest BCUT2D eigenvalue weighted by molar-refractivity contribution is -0.113. The van der Waals surface area contributed by atoms with Crippen molar-refractivity contribution in [2.45, 2.75) is 24.2 Å². The number of benzene rings is 1. The van der Waals surface area contributed by atoms with Crippen LogP contribution in [0, 0.1) is 5.41 Å². The van der Waals surface area contributed by atoms with E-state index in [9.17, 15) is 4.79 Å². The van der Waals surface area contributed by atoms with Crippen molar-refractivity contribution in [1.82, 2.24) is 0 Å². The average molecular weight is 248 g/mol.